The van der Waals surface area contributed by atoms with Gasteiger partial charge in [-0.25, -0.2) is 0 Å². The van der Waals surface area contributed by atoms with Crippen LogP contribution in [0.4, 0.5) is 0 Å². The van der Waals surface area contributed by atoms with E-state index >= 15 is 0 Å². The molecular formula is C19H20BrNO4. The Labute approximate surface area is 155 Å². The van der Waals surface area contributed by atoms with E-state index in [9.17, 15) is 4.79 Å². The van der Waals surface area contributed by atoms with Gasteiger partial charge in [-0.05, 0) is 54.4 Å². The predicted octanol–water partition coefficient (Wildman–Crippen LogP) is 4.04. The number of carbonyl (C=O) groups is 1. The smallest absolute Gasteiger partial charge is 0.308 e. The number of rotatable bonds is 5. The van der Waals surface area contributed by atoms with Crippen LogP contribution >= 0.6 is 16.3 Å². The third-order valence-electron chi connectivity index (χ3n) is 4.43. The fraction of sp³-hybridized carbons (Fsp3) is 0.316. The van der Waals surface area contributed by atoms with Crippen molar-refractivity contribution in [3.05, 3.63) is 53.1 Å². The Morgan fingerprint density at radius 1 is 1.24 bits per heavy atom. The van der Waals surface area contributed by atoms with E-state index in [0.29, 0.717) is 11.5 Å². The van der Waals surface area contributed by atoms with Gasteiger partial charge in [0.25, 0.3) is 0 Å². The van der Waals surface area contributed by atoms with Crippen molar-refractivity contribution in [3.63, 3.8) is 0 Å². The van der Waals surface area contributed by atoms with Crippen molar-refractivity contribution < 1.29 is 18.1 Å². The van der Waals surface area contributed by atoms with E-state index in [4.69, 9.17) is 13.3 Å². The van der Waals surface area contributed by atoms with Crippen LogP contribution in [0.1, 0.15) is 29.7 Å². The number of ether oxygens (including phenoxy) is 2. The van der Waals surface area contributed by atoms with Gasteiger partial charge in [0.05, 0.1) is 7.11 Å². The molecule has 1 aliphatic rings. The predicted molar refractivity (Wildman–Crippen MR) is 98.2 cm³/mol. The normalized spacial score (nSPS) is 16.4. The molecule has 2 aromatic carbocycles. The van der Waals surface area contributed by atoms with Crippen molar-refractivity contribution >= 4 is 22.2 Å². The molecule has 0 saturated carbocycles. The van der Waals surface area contributed by atoms with Gasteiger partial charge in [0, 0.05) is 19.5 Å². The molecule has 132 valence electrons. The average molecular weight is 406 g/mol. The van der Waals surface area contributed by atoms with E-state index in [1.54, 1.807) is 7.11 Å². The third kappa shape index (κ3) is 3.80. The van der Waals surface area contributed by atoms with Crippen molar-refractivity contribution in [2.24, 2.45) is 0 Å². The first-order valence-corrected chi connectivity index (χ1v) is 8.63. The highest BCUT2D eigenvalue weighted by atomic mass is 79.9. The second-order valence-corrected chi connectivity index (χ2v) is 6.48. The average Bonchev–Trinajstić information content (AvgIpc) is 2.89. The number of carbonyl (C=O) groups excluding carboxylic acids is 1. The molecule has 0 radical (unpaired) electrons. The van der Waals surface area contributed by atoms with Gasteiger partial charge >= 0.3 is 5.97 Å². The molecule has 1 aliphatic heterocycles. The molecule has 0 unspecified atom stereocenters. The zero-order chi connectivity index (χ0) is 18.0. The fourth-order valence-corrected chi connectivity index (χ4v) is 3.50. The highest BCUT2D eigenvalue weighted by molar-refractivity contribution is 9.06. The van der Waals surface area contributed by atoms with Crippen molar-refractivity contribution in [2.45, 2.75) is 25.9 Å². The summed E-state index contributed by atoms with van der Waals surface area (Å²) in [4.78, 5) is 13.3. The van der Waals surface area contributed by atoms with Crippen LogP contribution in [-0.4, -0.2) is 25.0 Å². The molecule has 0 amide bonds. The Balaban J connectivity index is 1.83. The largest absolute Gasteiger partial charge is 0.493 e. The molecule has 0 spiro atoms. The van der Waals surface area contributed by atoms with Crippen molar-refractivity contribution in [1.82, 2.24) is 4.90 Å². The van der Waals surface area contributed by atoms with Crippen LogP contribution in [0.3, 0.4) is 0 Å². The molecule has 6 heteroatoms. The number of methoxy groups -OCH3 is 1. The van der Waals surface area contributed by atoms with E-state index in [0.717, 1.165) is 18.7 Å². The van der Waals surface area contributed by atoms with Gasteiger partial charge in [-0.1, -0.05) is 12.1 Å². The molecule has 1 atom stereocenters. The summed E-state index contributed by atoms with van der Waals surface area (Å²) in [5.74, 6) is 1.65. The molecule has 1 heterocycles. The fourth-order valence-electron chi connectivity index (χ4n) is 3.25. The molecule has 5 nitrogen and oxygen atoms in total. The van der Waals surface area contributed by atoms with Crippen molar-refractivity contribution in [3.8, 4) is 17.2 Å². The number of likely N-dealkylation sites (N-methyl/N-ethyl adjacent to an activating group) is 1. The summed E-state index contributed by atoms with van der Waals surface area (Å²) < 4.78 is 15.7. The molecule has 0 aliphatic carbocycles. The molecule has 2 aromatic rings. The summed E-state index contributed by atoms with van der Waals surface area (Å²) in [6.07, 6.45) is 0.859. The number of hydrogen-bond acceptors (Lipinski definition) is 5. The van der Waals surface area contributed by atoms with E-state index in [1.807, 2.05) is 36.4 Å². The van der Waals surface area contributed by atoms with E-state index < -0.39 is 0 Å². The maximum atomic E-state index is 11.0. The zero-order valence-corrected chi connectivity index (χ0v) is 16.0. The lowest BCUT2D eigenvalue weighted by atomic mass is 9.97. The van der Waals surface area contributed by atoms with Crippen LogP contribution in [0.5, 0.6) is 17.2 Å². The van der Waals surface area contributed by atoms with Crippen LogP contribution in [0.2, 0.25) is 0 Å². The Morgan fingerprint density at radius 3 is 2.56 bits per heavy atom. The number of benzene rings is 2. The van der Waals surface area contributed by atoms with E-state index in [1.165, 1.54) is 23.6 Å². The monoisotopic (exact) mass is 405 g/mol. The van der Waals surface area contributed by atoms with Gasteiger partial charge in [-0.15, -0.1) is 0 Å². The Kier molecular flexibility index (Phi) is 5.30. The minimum Gasteiger partial charge on any atom is -0.493 e. The molecule has 0 saturated heterocycles. The second-order valence-electron chi connectivity index (χ2n) is 6.15. The lowest BCUT2D eigenvalue weighted by Crippen LogP contribution is -2.18. The van der Waals surface area contributed by atoms with Gasteiger partial charge in [0.1, 0.15) is 5.75 Å². The van der Waals surface area contributed by atoms with Crippen LogP contribution < -0.4 is 13.3 Å². The second kappa shape index (κ2) is 7.45. The summed E-state index contributed by atoms with van der Waals surface area (Å²) >= 11 is 3.05. The summed E-state index contributed by atoms with van der Waals surface area (Å²) in [6.45, 7) is 2.26. The number of halogens is 1. The zero-order valence-electron chi connectivity index (χ0n) is 14.4. The molecule has 0 bridgehead atoms. The van der Waals surface area contributed by atoms with Crippen molar-refractivity contribution in [1.29, 1.82) is 0 Å². The standard InChI is InChI=1S/C19H20BrNO4/c1-12(22)24-15-6-4-13(5-7-15)8-17-16-10-19(25-20)18(23-3)9-14(16)11-21(17)2/h4-7,9-10,17H,8,11H2,1-3H3/t17-/m1/s1. The van der Waals surface area contributed by atoms with Gasteiger partial charge in [0.2, 0.25) is 0 Å². The minimum atomic E-state index is -0.312. The number of fused-ring (bicyclic) bond motifs is 1. The maximum absolute atomic E-state index is 11.0. The van der Waals surface area contributed by atoms with Crippen LogP contribution in [0.15, 0.2) is 36.4 Å². The summed E-state index contributed by atoms with van der Waals surface area (Å²) in [5, 5.41) is 0. The summed E-state index contributed by atoms with van der Waals surface area (Å²) in [7, 11) is 3.75. The van der Waals surface area contributed by atoms with Crippen LogP contribution in [0.25, 0.3) is 0 Å². The quantitative estimate of drug-likeness (QED) is 0.554. The van der Waals surface area contributed by atoms with Crippen molar-refractivity contribution in [2.75, 3.05) is 14.2 Å². The molecule has 0 aromatic heterocycles. The molecule has 25 heavy (non-hydrogen) atoms. The minimum absolute atomic E-state index is 0.252. The van der Waals surface area contributed by atoms with E-state index in [-0.39, 0.29) is 12.0 Å². The first kappa shape index (κ1) is 17.8. The first-order chi connectivity index (χ1) is 12.0. The van der Waals surface area contributed by atoms with Crippen LogP contribution in [-0.2, 0) is 17.8 Å². The third-order valence-corrected chi connectivity index (χ3v) is 4.78. The SMILES string of the molecule is COc1cc2c(cc1OBr)[C@@H](Cc1ccc(OC(C)=O)cc1)N(C)C2. The molecular weight excluding hydrogens is 386 g/mol. The summed E-state index contributed by atoms with van der Waals surface area (Å²) in [6, 6.07) is 12.0. The van der Waals surface area contributed by atoms with Crippen LogP contribution in [0, 0.1) is 0 Å². The first-order valence-electron chi connectivity index (χ1n) is 7.98. The Bertz CT molecular complexity index is 776. The highest BCUT2D eigenvalue weighted by Gasteiger charge is 2.29. The lowest BCUT2D eigenvalue weighted by molar-refractivity contribution is -0.131. The molecule has 0 N–H and O–H groups in total. The molecule has 3 rings (SSSR count). The Morgan fingerprint density at radius 2 is 1.96 bits per heavy atom. The van der Waals surface area contributed by atoms with Gasteiger partial charge in [0.15, 0.2) is 27.8 Å². The lowest BCUT2D eigenvalue weighted by Gasteiger charge is -2.21. The number of esters is 1. The molecule has 0 fully saturated rings. The highest BCUT2D eigenvalue weighted by Crippen LogP contribution is 2.41. The topological polar surface area (TPSA) is 48.0 Å². The number of nitrogens with zero attached hydrogens (tertiary/aromatic N) is 1. The number of hydrogen-bond donors (Lipinski definition) is 0. The maximum Gasteiger partial charge on any atom is 0.308 e. The summed E-state index contributed by atoms with van der Waals surface area (Å²) in [5.41, 5.74) is 3.66. The van der Waals surface area contributed by atoms with E-state index in [2.05, 4.69) is 28.2 Å². The van der Waals surface area contributed by atoms with Gasteiger partial charge in [-0.2, -0.15) is 0 Å². The van der Waals surface area contributed by atoms with Gasteiger partial charge in [-0.3, -0.25) is 9.69 Å². The van der Waals surface area contributed by atoms with Gasteiger partial charge < -0.3 is 13.3 Å². The Hall–Kier alpha value is -2.05.